The molecule has 0 aliphatic carbocycles. The average molecular weight is 360 g/mol. The highest BCUT2D eigenvalue weighted by Crippen LogP contribution is 2.11. The largest absolute Gasteiger partial charge is 0.317 e. The van der Waals surface area contributed by atoms with Gasteiger partial charge in [0, 0.05) is 10.0 Å². The van der Waals surface area contributed by atoms with Gasteiger partial charge in [-0.15, -0.1) is 0 Å². The van der Waals surface area contributed by atoms with Gasteiger partial charge in [0.2, 0.25) is 0 Å². The van der Waals surface area contributed by atoms with Crippen molar-refractivity contribution in [1.82, 2.24) is 10.7 Å². The molecule has 0 bridgehead atoms. The molecule has 0 atom stereocenters. The maximum Gasteiger partial charge on any atom is 0.281 e. The van der Waals surface area contributed by atoms with Crippen LogP contribution in [0.1, 0.15) is 15.9 Å². The molecule has 0 heterocycles. The smallest absolute Gasteiger partial charge is 0.281 e. The van der Waals surface area contributed by atoms with Crippen molar-refractivity contribution in [2.24, 2.45) is 5.84 Å². The van der Waals surface area contributed by atoms with Crippen molar-refractivity contribution in [3.8, 4) is 0 Å². The summed E-state index contributed by atoms with van der Waals surface area (Å²) in [6, 6.07) is 16.0. The molecule has 0 unspecified atom stereocenters. The number of carbonyl (C=O) groups is 2. The molecule has 0 aliphatic rings. The molecular weight excluding hydrogens is 346 g/mol. The van der Waals surface area contributed by atoms with Crippen molar-refractivity contribution in [2.75, 3.05) is 0 Å². The molecule has 2 amide bonds. The summed E-state index contributed by atoms with van der Waals surface area (Å²) in [5.41, 5.74) is 3.30. The van der Waals surface area contributed by atoms with E-state index < -0.39 is 11.8 Å². The van der Waals surface area contributed by atoms with Gasteiger partial charge in [-0.05, 0) is 35.9 Å². The van der Waals surface area contributed by atoms with Crippen LogP contribution in [0.25, 0.3) is 6.08 Å². The third-order valence-corrected chi connectivity index (χ3v) is 3.37. The second-order valence-corrected chi connectivity index (χ2v) is 5.32. The van der Waals surface area contributed by atoms with E-state index in [2.05, 4.69) is 21.2 Å². The first-order chi connectivity index (χ1) is 10.6. The molecule has 0 fully saturated rings. The van der Waals surface area contributed by atoms with Gasteiger partial charge in [-0.25, -0.2) is 5.84 Å². The summed E-state index contributed by atoms with van der Waals surface area (Å²) in [4.78, 5) is 24.0. The predicted molar refractivity (Wildman–Crippen MR) is 88.4 cm³/mol. The molecular formula is C16H14BrN3O2. The molecule has 0 aliphatic heterocycles. The SMILES string of the molecule is NNC(=O)/C(=C\c1ccccc1)NC(=O)c1ccc(Br)cc1. The first kappa shape index (κ1) is 15.9. The van der Waals surface area contributed by atoms with Crippen LogP contribution in [-0.2, 0) is 4.79 Å². The van der Waals surface area contributed by atoms with Crippen LogP contribution in [0.4, 0.5) is 0 Å². The Hall–Kier alpha value is -2.44. The van der Waals surface area contributed by atoms with Crippen molar-refractivity contribution in [3.63, 3.8) is 0 Å². The molecule has 112 valence electrons. The summed E-state index contributed by atoms with van der Waals surface area (Å²) in [7, 11) is 0. The van der Waals surface area contributed by atoms with Crippen LogP contribution < -0.4 is 16.6 Å². The fourth-order valence-corrected chi connectivity index (χ4v) is 2.01. The van der Waals surface area contributed by atoms with Crippen molar-refractivity contribution in [3.05, 3.63) is 75.9 Å². The Labute approximate surface area is 136 Å². The molecule has 2 rings (SSSR count). The van der Waals surface area contributed by atoms with E-state index in [1.165, 1.54) is 0 Å². The maximum absolute atomic E-state index is 12.2. The minimum atomic E-state index is -0.575. The predicted octanol–water partition coefficient (Wildman–Crippen LogP) is 2.21. The topological polar surface area (TPSA) is 84.2 Å². The van der Waals surface area contributed by atoms with Gasteiger partial charge in [0.25, 0.3) is 11.8 Å². The van der Waals surface area contributed by atoms with Crippen molar-refractivity contribution < 1.29 is 9.59 Å². The molecule has 0 aromatic heterocycles. The summed E-state index contributed by atoms with van der Waals surface area (Å²) in [6.45, 7) is 0. The van der Waals surface area contributed by atoms with Gasteiger partial charge < -0.3 is 5.32 Å². The molecule has 4 N–H and O–H groups in total. The number of amides is 2. The Kier molecular flexibility index (Phi) is 5.46. The van der Waals surface area contributed by atoms with Crippen LogP contribution in [0.3, 0.4) is 0 Å². The first-order valence-corrected chi connectivity index (χ1v) is 7.24. The van der Waals surface area contributed by atoms with Gasteiger partial charge in [0.15, 0.2) is 0 Å². The van der Waals surface area contributed by atoms with E-state index in [1.807, 2.05) is 35.8 Å². The molecule has 2 aromatic carbocycles. The Morgan fingerprint density at radius 1 is 1.00 bits per heavy atom. The van der Waals surface area contributed by atoms with Crippen LogP contribution in [-0.4, -0.2) is 11.8 Å². The van der Waals surface area contributed by atoms with Gasteiger partial charge in [-0.1, -0.05) is 46.3 Å². The van der Waals surface area contributed by atoms with Gasteiger partial charge in [0.1, 0.15) is 5.70 Å². The van der Waals surface area contributed by atoms with Crippen LogP contribution in [0.5, 0.6) is 0 Å². The molecule has 2 aromatic rings. The van der Waals surface area contributed by atoms with E-state index in [0.29, 0.717) is 5.56 Å². The third kappa shape index (κ3) is 4.28. The summed E-state index contributed by atoms with van der Waals surface area (Å²) >= 11 is 3.30. The van der Waals surface area contributed by atoms with Gasteiger partial charge in [0.05, 0.1) is 0 Å². The number of nitrogens with two attached hydrogens (primary N) is 1. The normalized spacial score (nSPS) is 10.9. The number of halogens is 1. The number of hydrazine groups is 1. The summed E-state index contributed by atoms with van der Waals surface area (Å²) in [5.74, 6) is 4.20. The number of hydrogen-bond donors (Lipinski definition) is 3. The van der Waals surface area contributed by atoms with Crippen LogP contribution in [0, 0.1) is 0 Å². The molecule has 22 heavy (non-hydrogen) atoms. The summed E-state index contributed by atoms with van der Waals surface area (Å²) < 4.78 is 0.865. The Balaban J connectivity index is 2.24. The fraction of sp³-hybridized carbons (Fsp3) is 0. The third-order valence-electron chi connectivity index (χ3n) is 2.84. The minimum Gasteiger partial charge on any atom is -0.317 e. The van der Waals surface area contributed by atoms with E-state index in [4.69, 9.17) is 5.84 Å². The molecule has 0 spiro atoms. The standard InChI is InChI=1S/C16H14BrN3O2/c17-13-8-6-12(7-9-13)15(21)19-14(16(22)20-18)10-11-4-2-1-3-5-11/h1-10H,18H2,(H,19,21)(H,20,22)/b14-10+. The molecule has 0 saturated carbocycles. The highest BCUT2D eigenvalue weighted by molar-refractivity contribution is 9.10. The van der Waals surface area contributed by atoms with Crippen LogP contribution in [0.2, 0.25) is 0 Å². The lowest BCUT2D eigenvalue weighted by Gasteiger charge is -2.09. The van der Waals surface area contributed by atoms with Crippen molar-refractivity contribution in [1.29, 1.82) is 0 Å². The van der Waals surface area contributed by atoms with Gasteiger partial charge in [-0.3, -0.25) is 15.0 Å². The van der Waals surface area contributed by atoms with E-state index in [1.54, 1.807) is 30.3 Å². The van der Waals surface area contributed by atoms with Gasteiger partial charge in [-0.2, -0.15) is 0 Å². The zero-order valence-electron chi connectivity index (χ0n) is 11.5. The number of benzene rings is 2. The molecule has 5 nitrogen and oxygen atoms in total. The zero-order valence-corrected chi connectivity index (χ0v) is 13.1. The number of nitrogens with one attached hydrogen (secondary N) is 2. The summed E-state index contributed by atoms with van der Waals surface area (Å²) in [6.07, 6.45) is 1.55. The Morgan fingerprint density at radius 2 is 1.64 bits per heavy atom. The second-order valence-electron chi connectivity index (χ2n) is 4.40. The Morgan fingerprint density at radius 3 is 2.23 bits per heavy atom. The first-order valence-electron chi connectivity index (χ1n) is 6.45. The molecule has 0 radical (unpaired) electrons. The zero-order chi connectivity index (χ0) is 15.9. The molecule has 0 saturated heterocycles. The van der Waals surface area contributed by atoms with E-state index in [0.717, 1.165) is 10.0 Å². The number of carbonyl (C=O) groups excluding carboxylic acids is 2. The lowest BCUT2D eigenvalue weighted by molar-refractivity contribution is -0.117. The second kappa shape index (κ2) is 7.53. The van der Waals surface area contributed by atoms with E-state index in [-0.39, 0.29) is 5.70 Å². The lowest BCUT2D eigenvalue weighted by Crippen LogP contribution is -2.38. The average Bonchev–Trinajstić information content (AvgIpc) is 2.55. The molecule has 6 heteroatoms. The number of rotatable bonds is 4. The summed E-state index contributed by atoms with van der Waals surface area (Å²) in [5, 5.41) is 2.57. The minimum absolute atomic E-state index is 0.0709. The van der Waals surface area contributed by atoms with E-state index >= 15 is 0 Å². The highest BCUT2D eigenvalue weighted by atomic mass is 79.9. The lowest BCUT2D eigenvalue weighted by atomic mass is 10.1. The van der Waals surface area contributed by atoms with Gasteiger partial charge >= 0.3 is 0 Å². The van der Waals surface area contributed by atoms with Crippen molar-refractivity contribution in [2.45, 2.75) is 0 Å². The van der Waals surface area contributed by atoms with Crippen molar-refractivity contribution >= 4 is 33.8 Å². The Bertz CT molecular complexity index is 697. The maximum atomic E-state index is 12.2. The highest BCUT2D eigenvalue weighted by Gasteiger charge is 2.13. The van der Waals surface area contributed by atoms with E-state index in [9.17, 15) is 9.59 Å². The monoisotopic (exact) mass is 359 g/mol. The fourth-order valence-electron chi connectivity index (χ4n) is 1.75. The number of hydrogen-bond acceptors (Lipinski definition) is 3. The van der Waals surface area contributed by atoms with Crippen LogP contribution in [0.15, 0.2) is 64.8 Å². The van der Waals surface area contributed by atoms with Crippen LogP contribution >= 0.6 is 15.9 Å². The quantitative estimate of drug-likeness (QED) is 0.338.